The molecule has 6 nitrogen and oxygen atoms in total. The number of nitrogens with one attached hydrogen (secondary N) is 1. The summed E-state index contributed by atoms with van der Waals surface area (Å²) < 4.78 is 2.34. The molecule has 3 aromatic rings. The summed E-state index contributed by atoms with van der Waals surface area (Å²) in [5.41, 5.74) is 7.10. The Hall–Kier alpha value is -2.90. The first kappa shape index (κ1) is 23.3. The van der Waals surface area contributed by atoms with E-state index in [1.807, 2.05) is 18.3 Å². The third-order valence-electron chi connectivity index (χ3n) is 6.40. The van der Waals surface area contributed by atoms with Crippen LogP contribution in [0.1, 0.15) is 34.7 Å². The molecular weight excluding hydrogens is 428 g/mol. The van der Waals surface area contributed by atoms with Crippen LogP contribution >= 0.6 is 12.2 Å². The van der Waals surface area contributed by atoms with Crippen LogP contribution in [0.3, 0.4) is 0 Å². The van der Waals surface area contributed by atoms with Gasteiger partial charge in [0.1, 0.15) is 0 Å². The normalized spacial score (nSPS) is 18.2. The summed E-state index contributed by atoms with van der Waals surface area (Å²) in [6.07, 6.45) is 1.86. The predicted molar refractivity (Wildman–Crippen MR) is 140 cm³/mol. The summed E-state index contributed by atoms with van der Waals surface area (Å²) in [6.45, 7) is 6.17. The second kappa shape index (κ2) is 9.53. The fraction of sp³-hybridized carbons (Fsp3) is 0.385. The highest BCUT2D eigenvalue weighted by atomic mass is 32.1. The lowest BCUT2D eigenvalue weighted by atomic mass is 9.97. The Morgan fingerprint density at radius 2 is 1.76 bits per heavy atom. The number of aryl methyl sites for hydroxylation is 1. The third kappa shape index (κ3) is 4.61. The average molecular weight is 463 g/mol. The molecule has 1 fully saturated rings. The Morgan fingerprint density at radius 3 is 2.36 bits per heavy atom. The summed E-state index contributed by atoms with van der Waals surface area (Å²) in [7, 11) is 8.33. The van der Waals surface area contributed by atoms with E-state index in [4.69, 9.17) is 12.2 Å². The number of likely N-dealkylation sites (N-methyl/N-ethyl adjacent to an activating group) is 1. The minimum Gasteiger partial charge on any atom is -0.378 e. The number of hydrogen-bond acceptors (Lipinski definition) is 4. The van der Waals surface area contributed by atoms with Gasteiger partial charge in [-0.15, -0.1) is 0 Å². The standard InChI is InChI=1S/C26H34N6S/c1-18-17-22(19(2)32(18)21-12-10-20(11-13-21)30(5)6)25-24(23-9-7-8-14-27-23)28-26(33)31(25)16-15-29(3)4/h7-14,17,24-25H,15-16H2,1-6H3,(H,28,33)/t24-,25+/m0/s1. The molecule has 1 N–H and O–H groups in total. The Morgan fingerprint density at radius 1 is 1.03 bits per heavy atom. The van der Waals surface area contributed by atoms with E-state index in [1.165, 1.54) is 28.3 Å². The average Bonchev–Trinajstić information content (AvgIpc) is 3.27. The van der Waals surface area contributed by atoms with Crippen LogP contribution < -0.4 is 10.2 Å². The largest absolute Gasteiger partial charge is 0.378 e. The van der Waals surface area contributed by atoms with Crippen molar-refractivity contribution in [3.63, 3.8) is 0 Å². The maximum absolute atomic E-state index is 5.82. The van der Waals surface area contributed by atoms with Crippen molar-refractivity contribution in [3.8, 4) is 5.69 Å². The Labute approximate surface area is 202 Å². The first-order valence-corrected chi connectivity index (χ1v) is 11.8. The van der Waals surface area contributed by atoms with Gasteiger partial charge in [0, 0.05) is 56.1 Å². The Kier molecular flexibility index (Phi) is 6.72. The number of nitrogens with zero attached hydrogens (tertiary/aromatic N) is 5. The molecule has 1 saturated heterocycles. The SMILES string of the molecule is Cc1cc([C@@H]2[C@H](c3ccccn3)NC(=S)N2CCN(C)C)c(C)n1-c1ccc(N(C)C)cc1. The molecule has 1 aromatic carbocycles. The van der Waals surface area contributed by atoms with Gasteiger partial charge in [-0.1, -0.05) is 6.07 Å². The molecule has 0 radical (unpaired) electrons. The van der Waals surface area contributed by atoms with Crippen LogP contribution in [-0.4, -0.2) is 65.7 Å². The second-order valence-corrected chi connectivity index (χ2v) is 9.58. The van der Waals surface area contributed by atoms with Gasteiger partial charge < -0.3 is 24.6 Å². The van der Waals surface area contributed by atoms with Gasteiger partial charge in [0.05, 0.1) is 17.8 Å². The number of benzene rings is 1. The minimum atomic E-state index is 0.00549. The Balaban J connectivity index is 1.77. The fourth-order valence-electron chi connectivity index (χ4n) is 4.68. The van der Waals surface area contributed by atoms with E-state index in [2.05, 4.69) is 108 Å². The molecular formula is C26H34N6S. The van der Waals surface area contributed by atoms with Crippen molar-refractivity contribution in [2.45, 2.75) is 25.9 Å². The molecule has 1 aliphatic rings. The van der Waals surface area contributed by atoms with Crippen molar-refractivity contribution in [1.82, 2.24) is 24.7 Å². The molecule has 7 heteroatoms. The highest BCUT2D eigenvalue weighted by Crippen LogP contribution is 2.41. The van der Waals surface area contributed by atoms with Crippen molar-refractivity contribution in [3.05, 3.63) is 77.4 Å². The lowest BCUT2D eigenvalue weighted by molar-refractivity contribution is 0.277. The summed E-state index contributed by atoms with van der Waals surface area (Å²) in [5, 5.41) is 4.36. The number of aromatic nitrogens is 2. The van der Waals surface area contributed by atoms with Gasteiger partial charge in [0.2, 0.25) is 0 Å². The summed E-state index contributed by atoms with van der Waals surface area (Å²) in [5.74, 6) is 0. The van der Waals surface area contributed by atoms with Crippen molar-refractivity contribution < 1.29 is 0 Å². The van der Waals surface area contributed by atoms with E-state index >= 15 is 0 Å². The molecule has 2 atom stereocenters. The molecule has 3 heterocycles. The van der Waals surface area contributed by atoms with Crippen LogP contribution in [0.25, 0.3) is 5.69 Å². The summed E-state index contributed by atoms with van der Waals surface area (Å²) in [6, 6.07) is 17.2. The van der Waals surface area contributed by atoms with Gasteiger partial charge in [-0.2, -0.15) is 0 Å². The van der Waals surface area contributed by atoms with Gasteiger partial charge >= 0.3 is 0 Å². The molecule has 0 spiro atoms. The van der Waals surface area contributed by atoms with Crippen LogP contribution in [0.5, 0.6) is 0 Å². The van der Waals surface area contributed by atoms with Crippen LogP contribution in [0.15, 0.2) is 54.7 Å². The topological polar surface area (TPSA) is 39.6 Å². The molecule has 0 aliphatic carbocycles. The second-order valence-electron chi connectivity index (χ2n) is 9.20. The molecule has 0 unspecified atom stereocenters. The quantitative estimate of drug-likeness (QED) is 0.534. The zero-order valence-corrected chi connectivity index (χ0v) is 21.2. The summed E-state index contributed by atoms with van der Waals surface area (Å²) in [4.78, 5) is 11.3. The van der Waals surface area contributed by atoms with E-state index in [1.54, 1.807) is 0 Å². The van der Waals surface area contributed by atoms with Crippen molar-refractivity contribution >= 4 is 23.0 Å². The van der Waals surface area contributed by atoms with E-state index in [-0.39, 0.29) is 12.1 Å². The highest BCUT2D eigenvalue weighted by Gasteiger charge is 2.41. The number of anilines is 1. The molecule has 0 saturated carbocycles. The van der Waals surface area contributed by atoms with Gasteiger partial charge in [-0.3, -0.25) is 4.98 Å². The number of pyridine rings is 1. The lowest BCUT2D eigenvalue weighted by Crippen LogP contribution is -2.35. The van der Waals surface area contributed by atoms with E-state index < -0.39 is 0 Å². The Bertz CT molecular complexity index is 1100. The fourth-order valence-corrected chi connectivity index (χ4v) is 5.01. The molecule has 2 aromatic heterocycles. The van der Waals surface area contributed by atoms with E-state index in [0.717, 1.165) is 23.9 Å². The van der Waals surface area contributed by atoms with Crippen LogP contribution in [0.4, 0.5) is 5.69 Å². The highest BCUT2D eigenvalue weighted by molar-refractivity contribution is 7.80. The lowest BCUT2D eigenvalue weighted by Gasteiger charge is -2.29. The first-order chi connectivity index (χ1) is 15.8. The van der Waals surface area contributed by atoms with Gasteiger partial charge in [0.15, 0.2) is 5.11 Å². The van der Waals surface area contributed by atoms with Gasteiger partial charge in [0.25, 0.3) is 0 Å². The molecule has 0 amide bonds. The first-order valence-electron chi connectivity index (χ1n) is 11.4. The maximum Gasteiger partial charge on any atom is 0.170 e. The summed E-state index contributed by atoms with van der Waals surface area (Å²) >= 11 is 5.82. The van der Waals surface area contributed by atoms with E-state index in [0.29, 0.717) is 0 Å². The van der Waals surface area contributed by atoms with Crippen LogP contribution in [0, 0.1) is 13.8 Å². The van der Waals surface area contributed by atoms with Gasteiger partial charge in [-0.05, 0) is 88.2 Å². The molecule has 4 rings (SSSR count). The predicted octanol–water partition coefficient (Wildman–Crippen LogP) is 4.09. The third-order valence-corrected chi connectivity index (χ3v) is 6.75. The number of rotatable bonds is 7. The minimum absolute atomic E-state index is 0.00549. The van der Waals surface area contributed by atoms with Gasteiger partial charge in [-0.25, -0.2) is 0 Å². The number of hydrogen-bond donors (Lipinski definition) is 1. The van der Waals surface area contributed by atoms with E-state index in [9.17, 15) is 0 Å². The smallest absolute Gasteiger partial charge is 0.170 e. The molecule has 33 heavy (non-hydrogen) atoms. The molecule has 1 aliphatic heterocycles. The van der Waals surface area contributed by atoms with Crippen molar-refractivity contribution in [1.29, 1.82) is 0 Å². The maximum atomic E-state index is 5.82. The zero-order valence-electron chi connectivity index (χ0n) is 20.4. The van der Waals surface area contributed by atoms with Crippen molar-refractivity contribution in [2.24, 2.45) is 0 Å². The molecule has 0 bridgehead atoms. The van der Waals surface area contributed by atoms with Crippen LogP contribution in [0.2, 0.25) is 0 Å². The molecule has 174 valence electrons. The van der Waals surface area contributed by atoms with Crippen molar-refractivity contribution in [2.75, 3.05) is 46.2 Å². The van der Waals surface area contributed by atoms with Crippen LogP contribution in [-0.2, 0) is 0 Å². The zero-order chi connectivity index (χ0) is 23.7. The number of thiocarbonyl (C=S) groups is 1. The monoisotopic (exact) mass is 462 g/mol.